The number of aliphatic carboxylic acids is 1. The van der Waals surface area contributed by atoms with Gasteiger partial charge in [-0.2, -0.15) is 0 Å². The normalized spacial score (nSPS) is 11.1. The molecule has 0 unspecified atom stereocenters. The van der Waals surface area contributed by atoms with Crippen LogP contribution in [0, 0.1) is 12.7 Å². The van der Waals surface area contributed by atoms with Gasteiger partial charge >= 0.3 is 5.97 Å². The molecule has 0 saturated heterocycles. The summed E-state index contributed by atoms with van der Waals surface area (Å²) in [6, 6.07) is 11.7. The Morgan fingerprint density at radius 3 is 2.61 bits per heavy atom. The van der Waals surface area contributed by atoms with E-state index in [4.69, 9.17) is 16.7 Å². The molecule has 1 heterocycles. The van der Waals surface area contributed by atoms with Crippen LogP contribution in [-0.4, -0.2) is 15.6 Å². The molecule has 6 heteroatoms. The maximum absolute atomic E-state index is 13.7. The summed E-state index contributed by atoms with van der Waals surface area (Å²) in [5.74, 6) is -1.28. The second-order valence-corrected chi connectivity index (χ2v) is 6.63. The summed E-state index contributed by atoms with van der Waals surface area (Å²) < 4.78 is 15.3. The number of halogens is 2. The highest BCUT2D eigenvalue weighted by molar-refractivity contribution is 7.99. The molecule has 3 aromatic rings. The Balaban J connectivity index is 2.14. The molecule has 3 rings (SSSR count). The number of carboxylic acid groups (broad SMARTS) is 1. The zero-order chi connectivity index (χ0) is 16.6. The van der Waals surface area contributed by atoms with E-state index in [1.165, 1.54) is 23.9 Å². The van der Waals surface area contributed by atoms with Crippen molar-refractivity contribution in [1.82, 2.24) is 4.57 Å². The topological polar surface area (TPSA) is 42.2 Å². The van der Waals surface area contributed by atoms with Crippen LogP contribution < -0.4 is 0 Å². The molecule has 1 N–H and O–H groups in total. The summed E-state index contributed by atoms with van der Waals surface area (Å²) >= 11 is 7.36. The molecule has 0 radical (unpaired) electrons. The van der Waals surface area contributed by atoms with Gasteiger partial charge < -0.3 is 9.67 Å². The number of hydrogen-bond acceptors (Lipinski definition) is 2. The largest absolute Gasteiger partial charge is 0.480 e. The van der Waals surface area contributed by atoms with Crippen LogP contribution in [0.2, 0.25) is 5.02 Å². The lowest BCUT2D eigenvalue weighted by Gasteiger charge is -2.05. The van der Waals surface area contributed by atoms with Crippen LogP contribution in [0.5, 0.6) is 0 Å². The number of carboxylic acids is 1. The monoisotopic (exact) mass is 349 g/mol. The summed E-state index contributed by atoms with van der Waals surface area (Å²) in [6.07, 6.45) is 0. The number of rotatable bonds is 4. The second kappa shape index (κ2) is 6.26. The third-order valence-corrected chi connectivity index (χ3v) is 5.03. The average molecular weight is 350 g/mol. The first-order valence-corrected chi connectivity index (χ1v) is 8.08. The van der Waals surface area contributed by atoms with E-state index in [2.05, 4.69) is 0 Å². The van der Waals surface area contributed by atoms with Crippen LogP contribution in [-0.2, 0) is 11.3 Å². The quantitative estimate of drug-likeness (QED) is 0.722. The molecule has 0 saturated carbocycles. The lowest BCUT2D eigenvalue weighted by atomic mass is 10.2. The van der Waals surface area contributed by atoms with Gasteiger partial charge in [-0.05, 0) is 49.4 Å². The van der Waals surface area contributed by atoms with Gasteiger partial charge in [-0.15, -0.1) is 0 Å². The van der Waals surface area contributed by atoms with Gasteiger partial charge in [-0.25, -0.2) is 4.39 Å². The Morgan fingerprint density at radius 2 is 1.96 bits per heavy atom. The molecule has 0 fully saturated rings. The van der Waals surface area contributed by atoms with Gasteiger partial charge in [0, 0.05) is 25.9 Å². The van der Waals surface area contributed by atoms with Crippen molar-refractivity contribution in [2.45, 2.75) is 23.3 Å². The predicted octanol–water partition coefficient (Wildman–Crippen LogP) is 4.98. The number of nitrogens with zero attached hydrogens (tertiary/aromatic N) is 1. The molecule has 0 aliphatic rings. The van der Waals surface area contributed by atoms with Crippen LogP contribution in [0.1, 0.15) is 5.69 Å². The number of hydrogen-bond donors (Lipinski definition) is 1. The second-order valence-electron chi connectivity index (χ2n) is 5.11. The van der Waals surface area contributed by atoms with E-state index >= 15 is 0 Å². The van der Waals surface area contributed by atoms with Crippen molar-refractivity contribution >= 4 is 40.2 Å². The minimum atomic E-state index is -0.933. The van der Waals surface area contributed by atoms with Crippen molar-refractivity contribution < 1.29 is 14.3 Å². The first kappa shape index (κ1) is 15.9. The van der Waals surface area contributed by atoms with Gasteiger partial charge in [0.05, 0.1) is 5.52 Å². The maximum atomic E-state index is 13.7. The molecular formula is C17H13ClFNO2S. The van der Waals surface area contributed by atoms with Crippen LogP contribution in [0.15, 0.2) is 52.3 Å². The van der Waals surface area contributed by atoms with Crippen molar-refractivity contribution in [2.24, 2.45) is 0 Å². The van der Waals surface area contributed by atoms with E-state index in [0.29, 0.717) is 15.9 Å². The summed E-state index contributed by atoms with van der Waals surface area (Å²) in [5, 5.41) is 10.5. The Hall–Kier alpha value is -1.98. The van der Waals surface area contributed by atoms with Crippen molar-refractivity contribution in [3.63, 3.8) is 0 Å². The Bertz CT molecular complexity index is 890. The lowest BCUT2D eigenvalue weighted by Crippen LogP contribution is -2.09. The fraction of sp³-hybridized carbons (Fsp3) is 0.118. The maximum Gasteiger partial charge on any atom is 0.323 e. The van der Waals surface area contributed by atoms with E-state index in [-0.39, 0.29) is 12.4 Å². The van der Waals surface area contributed by atoms with E-state index in [1.807, 2.05) is 19.1 Å². The Labute approximate surface area is 141 Å². The van der Waals surface area contributed by atoms with Crippen molar-refractivity contribution in [3.05, 3.63) is 59.0 Å². The minimum absolute atomic E-state index is 0.158. The van der Waals surface area contributed by atoms with Gasteiger partial charge in [0.15, 0.2) is 0 Å². The van der Waals surface area contributed by atoms with Crippen molar-refractivity contribution in [1.29, 1.82) is 0 Å². The van der Waals surface area contributed by atoms with E-state index < -0.39 is 5.97 Å². The molecule has 0 bridgehead atoms. The average Bonchev–Trinajstić information content (AvgIpc) is 2.74. The van der Waals surface area contributed by atoms with E-state index in [9.17, 15) is 9.18 Å². The number of fused-ring (bicyclic) bond motifs is 1. The summed E-state index contributed by atoms with van der Waals surface area (Å²) in [7, 11) is 0. The smallest absolute Gasteiger partial charge is 0.323 e. The number of aromatic nitrogens is 1. The Morgan fingerprint density at radius 1 is 1.26 bits per heavy atom. The van der Waals surface area contributed by atoms with Gasteiger partial charge in [0.2, 0.25) is 0 Å². The highest BCUT2D eigenvalue weighted by Gasteiger charge is 2.17. The van der Waals surface area contributed by atoms with Gasteiger partial charge in [-0.3, -0.25) is 4.79 Å². The van der Waals surface area contributed by atoms with Crippen LogP contribution in [0.4, 0.5) is 4.39 Å². The first-order valence-electron chi connectivity index (χ1n) is 6.89. The van der Waals surface area contributed by atoms with Crippen LogP contribution in [0.25, 0.3) is 10.9 Å². The fourth-order valence-electron chi connectivity index (χ4n) is 2.51. The van der Waals surface area contributed by atoms with Crippen molar-refractivity contribution in [3.8, 4) is 0 Å². The minimum Gasteiger partial charge on any atom is -0.480 e. The molecular weight excluding hydrogens is 337 g/mol. The summed E-state index contributed by atoms with van der Waals surface area (Å²) in [6.45, 7) is 1.69. The van der Waals surface area contributed by atoms with Gasteiger partial charge in [0.1, 0.15) is 12.4 Å². The molecule has 3 nitrogen and oxygen atoms in total. The highest BCUT2D eigenvalue weighted by atomic mass is 35.5. The lowest BCUT2D eigenvalue weighted by molar-refractivity contribution is -0.137. The van der Waals surface area contributed by atoms with Gasteiger partial charge in [-0.1, -0.05) is 23.4 Å². The van der Waals surface area contributed by atoms with Crippen LogP contribution >= 0.6 is 23.4 Å². The third-order valence-electron chi connectivity index (χ3n) is 3.55. The first-order chi connectivity index (χ1) is 11.0. The number of benzene rings is 2. The van der Waals surface area contributed by atoms with E-state index in [0.717, 1.165) is 15.5 Å². The zero-order valence-electron chi connectivity index (χ0n) is 12.2. The highest BCUT2D eigenvalue weighted by Crippen LogP contribution is 2.38. The molecule has 0 atom stereocenters. The molecule has 2 aromatic carbocycles. The molecule has 1 aromatic heterocycles. The standard InChI is InChI=1S/C17H13ClFNO2S/c1-10-17(23-13-5-2-11(18)3-6-13)14-8-12(19)4-7-15(14)20(10)9-16(21)22/h2-8H,9H2,1H3,(H,21,22). The summed E-state index contributed by atoms with van der Waals surface area (Å²) in [5.41, 5.74) is 1.51. The van der Waals surface area contributed by atoms with E-state index in [1.54, 1.807) is 22.8 Å². The third kappa shape index (κ3) is 3.21. The fourth-order valence-corrected chi connectivity index (χ4v) is 3.68. The molecule has 0 aliphatic heterocycles. The van der Waals surface area contributed by atoms with Crippen LogP contribution in [0.3, 0.4) is 0 Å². The SMILES string of the molecule is Cc1c(Sc2ccc(Cl)cc2)c2cc(F)ccc2n1CC(=O)O. The zero-order valence-corrected chi connectivity index (χ0v) is 13.8. The predicted molar refractivity (Wildman–Crippen MR) is 89.8 cm³/mol. The molecule has 0 aliphatic carbocycles. The van der Waals surface area contributed by atoms with Crippen molar-refractivity contribution in [2.75, 3.05) is 0 Å². The molecule has 118 valence electrons. The summed E-state index contributed by atoms with van der Waals surface area (Å²) in [4.78, 5) is 12.9. The molecule has 0 amide bonds. The Kier molecular flexibility index (Phi) is 4.33. The van der Waals surface area contributed by atoms with Gasteiger partial charge in [0.25, 0.3) is 0 Å². The molecule has 0 spiro atoms. The number of carbonyl (C=O) groups is 1. The molecule has 23 heavy (non-hydrogen) atoms.